The van der Waals surface area contributed by atoms with Crippen LogP contribution in [-0.4, -0.2) is 52.5 Å². The lowest BCUT2D eigenvalue weighted by Gasteiger charge is -2.36. The van der Waals surface area contributed by atoms with Crippen LogP contribution in [0, 0.1) is 6.92 Å². The largest absolute Gasteiger partial charge is 0.368 e. The number of hydrogen-bond acceptors (Lipinski definition) is 4. The van der Waals surface area contributed by atoms with Gasteiger partial charge in [-0.2, -0.15) is 5.10 Å². The van der Waals surface area contributed by atoms with Crippen molar-refractivity contribution in [1.29, 1.82) is 0 Å². The first-order valence-electron chi connectivity index (χ1n) is 10.8. The fraction of sp³-hybridized carbons (Fsp3) is 0.320. The van der Waals surface area contributed by atoms with E-state index in [9.17, 15) is 9.59 Å². The topological polar surface area (TPSA) is 58.4 Å². The zero-order chi connectivity index (χ0) is 22.0. The van der Waals surface area contributed by atoms with Crippen LogP contribution in [0.5, 0.6) is 0 Å². The molecule has 3 aromatic rings. The molecule has 160 valence electrons. The molecule has 0 atom stereocenters. The van der Waals surface area contributed by atoms with Crippen molar-refractivity contribution in [1.82, 2.24) is 14.7 Å². The average Bonchev–Trinajstić information content (AvgIpc) is 3.23. The van der Waals surface area contributed by atoms with E-state index in [1.165, 1.54) is 5.56 Å². The number of amides is 1. The molecule has 0 N–H and O–H groups in total. The molecule has 0 unspecified atom stereocenters. The molecule has 0 radical (unpaired) electrons. The molecule has 0 aliphatic carbocycles. The van der Waals surface area contributed by atoms with E-state index in [1.54, 1.807) is 13.1 Å². The number of benzene rings is 2. The number of rotatable bonds is 5. The number of aryl methyl sites for hydroxylation is 1. The molecule has 1 aliphatic rings. The summed E-state index contributed by atoms with van der Waals surface area (Å²) >= 11 is 0. The van der Waals surface area contributed by atoms with Crippen LogP contribution in [0.25, 0.3) is 5.69 Å². The second-order valence-corrected chi connectivity index (χ2v) is 7.99. The molecule has 1 aromatic heterocycles. The van der Waals surface area contributed by atoms with Gasteiger partial charge in [-0.1, -0.05) is 24.6 Å². The van der Waals surface area contributed by atoms with Gasteiger partial charge in [0.25, 0.3) is 5.91 Å². The lowest BCUT2D eigenvalue weighted by Crippen LogP contribution is -2.49. The maximum Gasteiger partial charge on any atom is 0.257 e. The van der Waals surface area contributed by atoms with Crippen molar-refractivity contribution < 1.29 is 9.59 Å². The molecule has 2 aromatic carbocycles. The van der Waals surface area contributed by atoms with Gasteiger partial charge in [0.05, 0.1) is 23.1 Å². The maximum atomic E-state index is 13.3. The molecular weight excluding hydrogens is 388 g/mol. The van der Waals surface area contributed by atoms with Crippen LogP contribution >= 0.6 is 0 Å². The number of ketones is 1. The van der Waals surface area contributed by atoms with Crippen molar-refractivity contribution in [3.8, 4) is 5.69 Å². The highest BCUT2D eigenvalue weighted by atomic mass is 16.2. The fourth-order valence-corrected chi connectivity index (χ4v) is 4.05. The van der Waals surface area contributed by atoms with Crippen LogP contribution < -0.4 is 4.90 Å². The summed E-state index contributed by atoms with van der Waals surface area (Å²) in [5, 5.41) is 4.52. The molecule has 1 aliphatic heterocycles. The van der Waals surface area contributed by atoms with Gasteiger partial charge >= 0.3 is 0 Å². The Balaban J connectivity index is 1.46. The Morgan fingerprint density at radius 1 is 0.903 bits per heavy atom. The number of Topliss-reactive ketones (excluding diaryl/α,β-unsaturated/α-hetero) is 1. The molecule has 1 fully saturated rings. The SMILES string of the molecule is CCc1c(C(=O)N2CCN(c3ccc(C(C)=O)cc3)CC2)cnn1-c1ccc(C)cc1. The van der Waals surface area contributed by atoms with Crippen molar-refractivity contribution in [3.05, 3.63) is 77.1 Å². The second-order valence-electron chi connectivity index (χ2n) is 7.99. The third-order valence-corrected chi connectivity index (χ3v) is 5.92. The zero-order valence-electron chi connectivity index (χ0n) is 18.3. The van der Waals surface area contributed by atoms with E-state index < -0.39 is 0 Å². The lowest BCUT2D eigenvalue weighted by molar-refractivity contribution is 0.0745. The molecule has 2 heterocycles. The molecule has 4 rings (SSSR count). The number of anilines is 1. The van der Waals surface area contributed by atoms with Gasteiger partial charge in [-0.25, -0.2) is 4.68 Å². The van der Waals surface area contributed by atoms with Gasteiger partial charge < -0.3 is 9.80 Å². The summed E-state index contributed by atoms with van der Waals surface area (Å²) in [4.78, 5) is 28.9. The first-order chi connectivity index (χ1) is 15.0. The molecule has 1 amide bonds. The molecule has 0 saturated carbocycles. The van der Waals surface area contributed by atoms with Crippen LogP contribution in [0.3, 0.4) is 0 Å². The van der Waals surface area contributed by atoms with E-state index in [0.29, 0.717) is 18.7 Å². The molecule has 6 nitrogen and oxygen atoms in total. The van der Waals surface area contributed by atoms with E-state index in [0.717, 1.165) is 42.1 Å². The van der Waals surface area contributed by atoms with Gasteiger partial charge in [0.15, 0.2) is 5.78 Å². The molecule has 0 bridgehead atoms. The standard InChI is InChI=1S/C25H28N4O2/c1-4-24-23(17-26-29(24)22-9-5-18(2)6-10-22)25(31)28-15-13-27(14-16-28)21-11-7-20(8-12-21)19(3)30/h5-12,17H,4,13-16H2,1-3H3. The summed E-state index contributed by atoms with van der Waals surface area (Å²) in [7, 11) is 0. The summed E-state index contributed by atoms with van der Waals surface area (Å²) in [6.07, 6.45) is 2.44. The van der Waals surface area contributed by atoms with Crippen LogP contribution in [0.15, 0.2) is 54.7 Å². The van der Waals surface area contributed by atoms with E-state index in [1.807, 2.05) is 46.0 Å². The van der Waals surface area contributed by atoms with Crippen molar-refractivity contribution >= 4 is 17.4 Å². The van der Waals surface area contributed by atoms with Crippen LogP contribution in [0.4, 0.5) is 5.69 Å². The summed E-state index contributed by atoms with van der Waals surface area (Å²) in [5.41, 5.74) is 5.59. The van der Waals surface area contributed by atoms with Gasteiger partial charge in [-0.15, -0.1) is 0 Å². The summed E-state index contributed by atoms with van der Waals surface area (Å²) in [6, 6.07) is 15.9. The summed E-state index contributed by atoms with van der Waals surface area (Å²) < 4.78 is 1.87. The summed E-state index contributed by atoms with van der Waals surface area (Å²) in [6.45, 7) is 8.53. The number of nitrogens with zero attached hydrogens (tertiary/aromatic N) is 4. The van der Waals surface area contributed by atoms with Gasteiger partial charge in [-0.3, -0.25) is 9.59 Å². The summed E-state index contributed by atoms with van der Waals surface area (Å²) in [5.74, 6) is 0.113. The molecular formula is C25H28N4O2. The van der Waals surface area contributed by atoms with Gasteiger partial charge in [0.2, 0.25) is 0 Å². The Morgan fingerprint density at radius 3 is 2.10 bits per heavy atom. The van der Waals surface area contributed by atoms with E-state index in [2.05, 4.69) is 36.0 Å². The Bertz CT molecular complexity index is 1080. The molecule has 31 heavy (non-hydrogen) atoms. The number of hydrogen-bond donors (Lipinski definition) is 0. The Morgan fingerprint density at radius 2 is 1.52 bits per heavy atom. The Labute approximate surface area is 183 Å². The third-order valence-electron chi connectivity index (χ3n) is 5.92. The van der Waals surface area contributed by atoms with Crippen molar-refractivity contribution in [2.24, 2.45) is 0 Å². The first kappa shape index (κ1) is 20.8. The number of carbonyl (C=O) groups is 2. The predicted molar refractivity (Wildman–Crippen MR) is 122 cm³/mol. The normalized spacial score (nSPS) is 14.0. The van der Waals surface area contributed by atoms with Crippen molar-refractivity contribution in [2.45, 2.75) is 27.2 Å². The quantitative estimate of drug-likeness (QED) is 0.592. The number of aromatic nitrogens is 2. The van der Waals surface area contributed by atoms with Crippen LogP contribution in [-0.2, 0) is 6.42 Å². The lowest BCUT2D eigenvalue weighted by atomic mass is 10.1. The Kier molecular flexibility index (Phi) is 5.89. The van der Waals surface area contributed by atoms with Gasteiger partial charge in [0, 0.05) is 37.4 Å². The Hall–Kier alpha value is -3.41. The van der Waals surface area contributed by atoms with Crippen LogP contribution in [0.2, 0.25) is 0 Å². The van der Waals surface area contributed by atoms with Gasteiger partial charge in [0.1, 0.15) is 0 Å². The molecule has 0 spiro atoms. The van der Waals surface area contributed by atoms with Gasteiger partial charge in [-0.05, 0) is 56.7 Å². The maximum absolute atomic E-state index is 13.3. The zero-order valence-corrected chi connectivity index (χ0v) is 18.3. The average molecular weight is 417 g/mol. The fourth-order valence-electron chi connectivity index (χ4n) is 4.05. The van der Waals surface area contributed by atoms with E-state index >= 15 is 0 Å². The third kappa shape index (κ3) is 4.24. The monoisotopic (exact) mass is 416 g/mol. The van der Waals surface area contributed by atoms with Crippen LogP contribution in [0.1, 0.15) is 45.8 Å². The minimum absolute atomic E-state index is 0.0433. The highest BCUT2D eigenvalue weighted by molar-refractivity contribution is 5.95. The highest BCUT2D eigenvalue weighted by Gasteiger charge is 2.26. The second kappa shape index (κ2) is 8.76. The minimum atomic E-state index is 0.0433. The number of carbonyl (C=O) groups excluding carboxylic acids is 2. The van der Waals surface area contributed by atoms with Crippen molar-refractivity contribution in [2.75, 3.05) is 31.1 Å². The highest BCUT2D eigenvalue weighted by Crippen LogP contribution is 2.21. The van der Waals surface area contributed by atoms with Crippen molar-refractivity contribution in [3.63, 3.8) is 0 Å². The molecule has 6 heteroatoms. The molecule has 1 saturated heterocycles. The number of piperazine rings is 1. The van der Waals surface area contributed by atoms with E-state index in [-0.39, 0.29) is 11.7 Å². The minimum Gasteiger partial charge on any atom is -0.368 e. The first-order valence-corrected chi connectivity index (χ1v) is 10.8. The predicted octanol–water partition coefficient (Wildman–Crippen LogP) is 3.91. The van der Waals surface area contributed by atoms with E-state index in [4.69, 9.17) is 0 Å². The smallest absolute Gasteiger partial charge is 0.257 e.